The molecule has 0 radical (unpaired) electrons. The fourth-order valence-corrected chi connectivity index (χ4v) is 3.84. The molecule has 4 nitrogen and oxygen atoms in total. The molecule has 3 rings (SSSR count). The number of para-hydroxylation sites is 3. The SMILES string of the molecule is Cc1ccccc1OP(=O)(Oc1ccccc1C)Oc1ccccc1C.[SrH2]. The minimum absolute atomic E-state index is 0. The first kappa shape index (κ1) is 22.1. The van der Waals surface area contributed by atoms with Crippen molar-refractivity contribution in [3.8, 4) is 17.2 Å². The van der Waals surface area contributed by atoms with Gasteiger partial charge in [0.05, 0.1) is 0 Å². The van der Waals surface area contributed by atoms with Crippen LogP contribution >= 0.6 is 7.82 Å². The van der Waals surface area contributed by atoms with Crippen LogP contribution in [0.25, 0.3) is 0 Å². The van der Waals surface area contributed by atoms with Crippen LogP contribution in [0.3, 0.4) is 0 Å². The minimum atomic E-state index is -3.97. The first-order valence-corrected chi connectivity index (χ1v) is 9.79. The maximum absolute atomic E-state index is 13.5. The van der Waals surface area contributed by atoms with Gasteiger partial charge in [0.1, 0.15) is 17.2 Å². The van der Waals surface area contributed by atoms with E-state index >= 15 is 0 Å². The molecule has 3 aromatic rings. The van der Waals surface area contributed by atoms with E-state index in [-0.39, 0.29) is 45.5 Å². The third kappa shape index (κ3) is 5.87. The zero-order valence-electron chi connectivity index (χ0n) is 15.0. The normalized spacial score (nSPS) is 10.6. The number of phosphoric acid groups is 1. The van der Waals surface area contributed by atoms with Crippen molar-refractivity contribution in [3.63, 3.8) is 0 Å². The Bertz CT molecular complexity index is 836. The van der Waals surface area contributed by atoms with Crippen LogP contribution in [0.15, 0.2) is 72.8 Å². The van der Waals surface area contributed by atoms with E-state index in [1.165, 1.54) is 0 Å². The van der Waals surface area contributed by atoms with Crippen LogP contribution in [0, 0.1) is 20.8 Å². The van der Waals surface area contributed by atoms with Gasteiger partial charge in [0.25, 0.3) is 0 Å². The summed E-state index contributed by atoms with van der Waals surface area (Å²) in [5.74, 6) is 1.37. The first-order valence-electron chi connectivity index (χ1n) is 8.32. The van der Waals surface area contributed by atoms with Gasteiger partial charge in [-0.05, 0) is 55.7 Å². The fraction of sp³-hybridized carbons (Fsp3) is 0.143. The van der Waals surface area contributed by atoms with Crippen LogP contribution in [0.5, 0.6) is 17.2 Å². The number of hydrogen-bond acceptors (Lipinski definition) is 4. The Balaban J connectivity index is 0.00000261. The van der Waals surface area contributed by atoms with Gasteiger partial charge in [-0.2, -0.15) is 4.57 Å². The number of benzene rings is 3. The topological polar surface area (TPSA) is 44.8 Å². The zero-order chi connectivity index (χ0) is 18.6. The quantitative estimate of drug-likeness (QED) is 0.370. The molecule has 6 heteroatoms. The van der Waals surface area contributed by atoms with E-state index in [4.69, 9.17) is 13.6 Å². The van der Waals surface area contributed by atoms with Crippen molar-refractivity contribution in [2.45, 2.75) is 20.8 Å². The summed E-state index contributed by atoms with van der Waals surface area (Å²) < 4.78 is 30.8. The van der Waals surface area contributed by atoms with Crippen LogP contribution in [-0.2, 0) is 4.57 Å². The standard InChI is InChI=1S/C21H21O4P.Sr.2H/c1-16-10-4-7-13-19(16)23-26(22,24-20-14-8-5-11-17(20)2)25-21-15-9-6-12-18(21)3;;;/h4-15H,1-3H3;;;. The van der Waals surface area contributed by atoms with Crippen molar-refractivity contribution < 1.29 is 18.1 Å². The fourth-order valence-electron chi connectivity index (χ4n) is 2.39. The summed E-state index contributed by atoms with van der Waals surface area (Å²) in [6.07, 6.45) is 0. The molecule has 0 aromatic heterocycles. The molecule has 0 unspecified atom stereocenters. The molecule has 0 spiro atoms. The molecule has 0 fully saturated rings. The predicted molar refractivity (Wildman–Crippen MR) is 112 cm³/mol. The Kier molecular flexibility index (Phi) is 8.02. The second-order valence-corrected chi connectivity index (χ2v) is 7.46. The van der Waals surface area contributed by atoms with Gasteiger partial charge in [0, 0.05) is 0 Å². The molecule has 27 heavy (non-hydrogen) atoms. The van der Waals surface area contributed by atoms with Gasteiger partial charge >= 0.3 is 53.3 Å². The average molecular weight is 458 g/mol. The molecule has 0 atom stereocenters. The number of phosphoric ester groups is 1. The Labute approximate surface area is 197 Å². The molecule has 138 valence electrons. The van der Waals surface area contributed by atoms with Crippen molar-refractivity contribution in [1.29, 1.82) is 0 Å². The molecule has 0 aliphatic carbocycles. The van der Waals surface area contributed by atoms with E-state index in [0.29, 0.717) is 17.2 Å². The van der Waals surface area contributed by atoms with E-state index < -0.39 is 7.82 Å². The van der Waals surface area contributed by atoms with Crippen molar-refractivity contribution >= 4 is 53.3 Å². The third-order valence-electron chi connectivity index (χ3n) is 3.91. The summed E-state index contributed by atoms with van der Waals surface area (Å²) in [7, 11) is -3.97. The molecular weight excluding hydrogens is 435 g/mol. The van der Waals surface area contributed by atoms with Crippen LogP contribution < -0.4 is 13.6 Å². The number of hydrogen-bond donors (Lipinski definition) is 0. The van der Waals surface area contributed by atoms with Gasteiger partial charge in [-0.15, -0.1) is 0 Å². The molecule has 0 bridgehead atoms. The van der Waals surface area contributed by atoms with E-state index in [0.717, 1.165) is 16.7 Å². The monoisotopic (exact) mass is 458 g/mol. The Morgan fingerprint density at radius 2 is 0.815 bits per heavy atom. The van der Waals surface area contributed by atoms with Gasteiger partial charge in [0.2, 0.25) is 0 Å². The molecule has 0 heterocycles. The van der Waals surface area contributed by atoms with E-state index in [2.05, 4.69) is 0 Å². The summed E-state index contributed by atoms with van der Waals surface area (Å²) in [6, 6.07) is 22.0. The first-order chi connectivity index (χ1) is 12.5. The Hall–Kier alpha value is -1.23. The Morgan fingerprint density at radius 3 is 1.07 bits per heavy atom. The summed E-state index contributed by atoms with van der Waals surface area (Å²) in [5, 5.41) is 0. The molecule has 0 amide bonds. The second-order valence-electron chi connectivity index (χ2n) is 6.02. The Morgan fingerprint density at radius 1 is 0.556 bits per heavy atom. The summed E-state index contributed by atoms with van der Waals surface area (Å²) in [6.45, 7) is 5.63. The van der Waals surface area contributed by atoms with Crippen molar-refractivity contribution in [2.75, 3.05) is 0 Å². The summed E-state index contributed by atoms with van der Waals surface area (Å²) in [5.41, 5.74) is 2.53. The van der Waals surface area contributed by atoms with Gasteiger partial charge in [-0.1, -0.05) is 54.6 Å². The van der Waals surface area contributed by atoms with E-state index in [1.807, 2.05) is 75.4 Å². The molecule has 0 saturated carbocycles. The maximum atomic E-state index is 13.5. The van der Waals surface area contributed by atoms with Crippen molar-refractivity contribution in [3.05, 3.63) is 89.5 Å². The van der Waals surface area contributed by atoms with Gasteiger partial charge < -0.3 is 13.6 Å². The molecule has 0 aliphatic heterocycles. The van der Waals surface area contributed by atoms with E-state index in [1.54, 1.807) is 18.2 Å². The molecule has 0 saturated heterocycles. The van der Waals surface area contributed by atoms with Crippen LogP contribution in [0.4, 0.5) is 0 Å². The zero-order valence-corrected chi connectivity index (χ0v) is 15.9. The van der Waals surface area contributed by atoms with Crippen LogP contribution in [-0.4, -0.2) is 45.5 Å². The van der Waals surface area contributed by atoms with E-state index in [9.17, 15) is 4.57 Å². The molecular formula is C21H23O4PSr. The number of rotatable bonds is 6. The summed E-state index contributed by atoms with van der Waals surface area (Å²) in [4.78, 5) is 0. The molecule has 3 aromatic carbocycles. The second kappa shape index (κ2) is 9.81. The van der Waals surface area contributed by atoms with Crippen molar-refractivity contribution in [2.24, 2.45) is 0 Å². The van der Waals surface area contributed by atoms with Crippen LogP contribution in [0.1, 0.15) is 16.7 Å². The van der Waals surface area contributed by atoms with Crippen molar-refractivity contribution in [1.82, 2.24) is 0 Å². The number of aryl methyl sites for hydroxylation is 3. The van der Waals surface area contributed by atoms with Gasteiger partial charge in [0.15, 0.2) is 0 Å². The summed E-state index contributed by atoms with van der Waals surface area (Å²) >= 11 is 0. The molecule has 0 N–H and O–H groups in total. The average Bonchev–Trinajstić information content (AvgIpc) is 2.61. The predicted octanol–water partition coefficient (Wildman–Crippen LogP) is 5.34. The van der Waals surface area contributed by atoms with Gasteiger partial charge in [-0.25, -0.2) is 0 Å². The molecule has 0 aliphatic rings. The third-order valence-corrected chi connectivity index (χ3v) is 5.17. The van der Waals surface area contributed by atoms with Gasteiger partial charge in [-0.3, -0.25) is 0 Å². The van der Waals surface area contributed by atoms with Crippen LogP contribution in [0.2, 0.25) is 0 Å².